The van der Waals surface area contributed by atoms with Crippen molar-refractivity contribution in [3.8, 4) is 5.75 Å². The number of carbonyl (C=O) groups excluding carboxylic acids is 2. The molecule has 7 heteroatoms. The van der Waals surface area contributed by atoms with Crippen LogP contribution in [0, 0.1) is 0 Å². The lowest BCUT2D eigenvalue weighted by Crippen LogP contribution is -2.41. The Morgan fingerprint density at radius 2 is 2.00 bits per heavy atom. The Morgan fingerprint density at radius 1 is 1.31 bits per heavy atom. The third kappa shape index (κ3) is 3.56. The lowest BCUT2D eigenvalue weighted by molar-refractivity contribution is -0.120. The van der Waals surface area contributed by atoms with Crippen LogP contribution in [0.1, 0.15) is 39.3 Å². The summed E-state index contributed by atoms with van der Waals surface area (Å²) in [6.45, 7) is 6.03. The summed E-state index contributed by atoms with van der Waals surface area (Å²) in [4.78, 5) is 26.5. The van der Waals surface area contributed by atoms with Crippen molar-refractivity contribution in [2.75, 3.05) is 17.3 Å². The average molecular weight is 357 g/mol. The van der Waals surface area contributed by atoms with Crippen molar-refractivity contribution in [3.05, 3.63) is 36.0 Å². The van der Waals surface area contributed by atoms with Crippen molar-refractivity contribution >= 4 is 23.4 Å². The van der Waals surface area contributed by atoms with E-state index >= 15 is 0 Å². The molecule has 0 spiro atoms. The van der Waals surface area contributed by atoms with Crippen LogP contribution in [-0.4, -0.2) is 30.1 Å². The minimum absolute atomic E-state index is 0.0803. The first-order valence-electron chi connectivity index (χ1n) is 8.54. The molecule has 1 saturated heterocycles. The maximum Gasteiger partial charge on any atom is 0.249 e. The molecule has 0 aliphatic carbocycles. The Kier molecular flexibility index (Phi) is 4.71. The van der Waals surface area contributed by atoms with Crippen molar-refractivity contribution in [2.45, 2.75) is 45.1 Å². The molecule has 138 valence electrons. The molecule has 3 rings (SSSR count). The van der Waals surface area contributed by atoms with Crippen molar-refractivity contribution in [1.82, 2.24) is 5.16 Å². The molecule has 1 fully saturated rings. The van der Waals surface area contributed by atoms with Crippen LogP contribution in [0.4, 0.5) is 11.6 Å². The number of amides is 2. The second-order valence-corrected chi connectivity index (χ2v) is 7.33. The molecule has 26 heavy (non-hydrogen) atoms. The van der Waals surface area contributed by atoms with E-state index in [0.717, 1.165) is 5.69 Å². The van der Waals surface area contributed by atoms with E-state index in [0.29, 0.717) is 24.3 Å². The van der Waals surface area contributed by atoms with Crippen molar-refractivity contribution in [1.29, 1.82) is 0 Å². The van der Waals surface area contributed by atoms with Gasteiger partial charge < -0.3 is 9.26 Å². The summed E-state index contributed by atoms with van der Waals surface area (Å²) in [5, 5.41) is 6.73. The SMILES string of the molecule is COc1ccc(N2C(=O)CCC2C(=O)Nc2cc(C(C)(C)C)no2)cc1. The van der Waals surface area contributed by atoms with Crippen molar-refractivity contribution in [3.63, 3.8) is 0 Å². The number of nitrogens with one attached hydrogen (secondary N) is 1. The van der Waals surface area contributed by atoms with E-state index in [9.17, 15) is 9.59 Å². The first-order chi connectivity index (χ1) is 12.3. The molecule has 7 nitrogen and oxygen atoms in total. The zero-order valence-corrected chi connectivity index (χ0v) is 15.4. The van der Waals surface area contributed by atoms with Gasteiger partial charge >= 0.3 is 0 Å². The lowest BCUT2D eigenvalue weighted by Gasteiger charge is -2.23. The fraction of sp³-hybridized carbons (Fsp3) is 0.421. The van der Waals surface area contributed by atoms with Crippen LogP contribution >= 0.6 is 0 Å². The highest BCUT2D eigenvalue weighted by Gasteiger charge is 2.37. The molecule has 0 radical (unpaired) electrons. The van der Waals surface area contributed by atoms with Gasteiger partial charge in [0.2, 0.25) is 17.7 Å². The third-order valence-corrected chi connectivity index (χ3v) is 4.39. The number of benzene rings is 1. The molecule has 2 heterocycles. The number of ether oxygens (including phenoxy) is 1. The Morgan fingerprint density at radius 3 is 2.58 bits per heavy atom. The van der Waals surface area contributed by atoms with Crippen LogP contribution in [-0.2, 0) is 15.0 Å². The van der Waals surface area contributed by atoms with Crippen LogP contribution in [0.15, 0.2) is 34.9 Å². The van der Waals surface area contributed by atoms with Gasteiger partial charge in [0.05, 0.1) is 12.8 Å². The summed E-state index contributed by atoms with van der Waals surface area (Å²) in [7, 11) is 1.58. The highest BCUT2D eigenvalue weighted by Crippen LogP contribution is 2.29. The van der Waals surface area contributed by atoms with Gasteiger partial charge in [-0.1, -0.05) is 25.9 Å². The number of hydrogen-bond donors (Lipinski definition) is 1. The molecule has 1 N–H and O–H groups in total. The van der Waals surface area contributed by atoms with Crippen molar-refractivity contribution < 1.29 is 18.8 Å². The zero-order valence-electron chi connectivity index (χ0n) is 15.4. The van der Waals surface area contributed by atoms with Gasteiger partial charge in [0.15, 0.2) is 0 Å². The first-order valence-corrected chi connectivity index (χ1v) is 8.54. The monoisotopic (exact) mass is 357 g/mol. The smallest absolute Gasteiger partial charge is 0.249 e. The van der Waals surface area contributed by atoms with Gasteiger partial charge in [-0.3, -0.25) is 19.8 Å². The first kappa shape index (κ1) is 18.0. The summed E-state index contributed by atoms with van der Waals surface area (Å²) < 4.78 is 10.4. The van der Waals surface area contributed by atoms with Crippen LogP contribution < -0.4 is 15.0 Å². The normalized spacial score (nSPS) is 17.5. The highest BCUT2D eigenvalue weighted by atomic mass is 16.5. The molecule has 1 aromatic heterocycles. The van der Waals surface area contributed by atoms with Gasteiger partial charge in [-0.15, -0.1) is 0 Å². The number of anilines is 2. The van der Waals surface area contributed by atoms with Gasteiger partial charge in [-0.05, 0) is 30.7 Å². The van der Waals surface area contributed by atoms with E-state index in [1.807, 2.05) is 20.8 Å². The minimum atomic E-state index is -0.584. The van der Waals surface area contributed by atoms with E-state index in [4.69, 9.17) is 9.26 Å². The highest BCUT2D eigenvalue weighted by molar-refractivity contribution is 6.07. The zero-order chi connectivity index (χ0) is 18.9. The largest absolute Gasteiger partial charge is 0.497 e. The molecule has 2 amide bonds. The maximum absolute atomic E-state index is 12.7. The Labute approximate surface area is 152 Å². The van der Waals surface area contributed by atoms with Crippen LogP contribution in [0.2, 0.25) is 0 Å². The number of hydrogen-bond acceptors (Lipinski definition) is 5. The predicted octanol–water partition coefficient (Wildman–Crippen LogP) is 3.11. The topological polar surface area (TPSA) is 84.7 Å². The molecule has 2 aromatic rings. The molecular weight excluding hydrogens is 334 g/mol. The van der Waals surface area contributed by atoms with Gasteiger partial charge in [-0.2, -0.15) is 0 Å². The van der Waals surface area contributed by atoms with Crippen LogP contribution in [0.5, 0.6) is 5.75 Å². The number of rotatable bonds is 4. The van der Waals surface area contributed by atoms with Crippen LogP contribution in [0.25, 0.3) is 0 Å². The van der Waals surface area contributed by atoms with Crippen molar-refractivity contribution in [2.24, 2.45) is 0 Å². The third-order valence-electron chi connectivity index (χ3n) is 4.39. The Bertz CT molecular complexity index is 805. The van der Waals surface area contributed by atoms with E-state index in [1.165, 1.54) is 4.90 Å². The fourth-order valence-electron chi connectivity index (χ4n) is 2.89. The van der Waals surface area contributed by atoms with E-state index in [2.05, 4.69) is 10.5 Å². The minimum Gasteiger partial charge on any atom is -0.497 e. The molecule has 1 aromatic carbocycles. The average Bonchev–Trinajstić information content (AvgIpc) is 3.21. The van der Waals surface area contributed by atoms with E-state index in [1.54, 1.807) is 37.4 Å². The molecule has 0 bridgehead atoms. The standard InChI is InChI=1S/C19H23N3O4/c1-19(2,3)15-11-16(26-21-15)20-18(24)14-9-10-17(23)22(14)12-5-7-13(25-4)8-6-12/h5-8,11,14H,9-10H2,1-4H3,(H,20,24). The molecule has 0 saturated carbocycles. The van der Waals surface area contributed by atoms with Gasteiger partial charge in [0.25, 0.3) is 0 Å². The van der Waals surface area contributed by atoms with Gasteiger partial charge in [-0.25, -0.2) is 0 Å². The summed E-state index contributed by atoms with van der Waals surface area (Å²) >= 11 is 0. The molecule has 1 aliphatic rings. The number of methoxy groups -OCH3 is 1. The van der Waals surface area contributed by atoms with Gasteiger partial charge in [0.1, 0.15) is 11.8 Å². The number of carbonyl (C=O) groups is 2. The van der Waals surface area contributed by atoms with E-state index in [-0.39, 0.29) is 23.1 Å². The Hall–Kier alpha value is -2.83. The molecule has 1 atom stereocenters. The molecular formula is C19H23N3O4. The van der Waals surface area contributed by atoms with Crippen LogP contribution in [0.3, 0.4) is 0 Å². The van der Waals surface area contributed by atoms with Gasteiger partial charge in [0, 0.05) is 23.6 Å². The fourth-order valence-corrected chi connectivity index (χ4v) is 2.89. The van der Waals surface area contributed by atoms with E-state index < -0.39 is 6.04 Å². The Balaban J connectivity index is 1.77. The number of aromatic nitrogens is 1. The predicted molar refractivity (Wildman–Crippen MR) is 97.3 cm³/mol. The summed E-state index contributed by atoms with van der Waals surface area (Å²) in [6.07, 6.45) is 0.782. The second kappa shape index (κ2) is 6.82. The summed E-state index contributed by atoms with van der Waals surface area (Å²) in [5.41, 5.74) is 1.24. The lowest BCUT2D eigenvalue weighted by atomic mass is 9.92. The quantitative estimate of drug-likeness (QED) is 0.909. The summed E-state index contributed by atoms with van der Waals surface area (Å²) in [5.74, 6) is 0.610. The summed E-state index contributed by atoms with van der Waals surface area (Å²) in [6, 6.07) is 8.21. The maximum atomic E-state index is 12.7. The molecule has 1 unspecified atom stereocenters. The number of nitrogens with zero attached hydrogens (tertiary/aromatic N) is 2. The second-order valence-electron chi connectivity index (χ2n) is 7.33. The molecule has 1 aliphatic heterocycles.